The SMILES string of the molecule is NC(=O)C1(C(=O)N(c2ccc(Cl)cc2)c2ccccc2Oc2cccc(OC(F)(F)F)c2)CC1. The predicted octanol–water partition coefficient (Wildman–Crippen LogP) is 5.96. The van der Waals surface area contributed by atoms with Crippen LogP contribution in [-0.4, -0.2) is 18.2 Å². The van der Waals surface area contributed by atoms with Crippen LogP contribution in [0.3, 0.4) is 0 Å². The van der Waals surface area contributed by atoms with Gasteiger partial charge in [0.2, 0.25) is 11.8 Å². The molecule has 3 aromatic carbocycles. The Morgan fingerprint density at radius 3 is 2.21 bits per heavy atom. The normalized spacial score (nSPS) is 14.2. The van der Waals surface area contributed by atoms with E-state index in [1.165, 1.54) is 17.0 Å². The van der Waals surface area contributed by atoms with Gasteiger partial charge in [-0.1, -0.05) is 29.8 Å². The zero-order valence-electron chi connectivity index (χ0n) is 17.5. The molecule has 2 amide bonds. The highest BCUT2D eigenvalue weighted by atomic mass is 35.5. The standard InChI is InChI=1S/C24H18ClF3N2O4/c25-15-8-10-16(11-9-15)30(22(32)23(12-13-23)21(29)31)19-6-1-2-7-20(19)33-17-4-3-5-18(14-17)34-24(26,27)28/h1-11,14H,12-13H2,(H2,29,31). The van der Waals surface area contributed by atoms with Crippen LogP contribution in [0.2, 0.25) is 5.02 Å². The van der Waals surface area contributed by atoms with E-state index in [4.69, 9.17) is 22.1 Å². The Morgan fingerprint density at radius 1 is 0.941 bits per heavy atom. The van der Waals surface area contributed by atoms with E-state index in [2.05, 4.69) is 4.74 Å². The van der Waals surface area contributed by atoms with Crippen LogP contribution in [-0.2, 0) is 9.59 Å². The number of nitrogens with zero attached hydrogens (tertiary/aromatic N) is 1. The highest BCUT2D eigenvalue weighted by Gasteiger charge is 2.57. The van der Waals surface area contributed by atoms with Crippen molar-refractivity contribution in [3.8, 4) is 17.2 Å². The van der Waals surface area contributed by atoms with Crippen molar-refractivity contribution in [1.29, 1.82) is 0 Å². The number of ether oxygens (including phenoxy) is 2. The molecule has 0 heterocycles. The topological polar surface area (TPSA) is 81.9 Å². The molecule has 6 nitrogen and oxygen atoms in total. The van der Waals surface area contributed by atoms with Crippen LogP contribution in [0.15, 0.2) is 72.8 Å². The van der Waals surface area contributed by atoms with Crippen molar-refractivity contribution in [3.05, 3.63) is 77.8 Å². The molecule has 1 saturated carbocycles. The fourth-order valence-electron chi connectivity index (χ4n) is 3.45. The molecule has 4 rings (SSSR count). The summed E-state index contributed by atoms with van der Waals surface area (Å²) >= 11 is 6.00. The molecule has 2 N–H and O–H groups in total. The van der Waals surface area contributed by atoms with Gasteiger partial charge in [0.25, 0.3) is 0 Å². The quantitative estimate of drug-likeness (QED) is 0.414. The van der Waals surface area contributed by atoms with Gasteiger partial charge in [0.05, 0.1) is 5.69 Å². The second kappa shape index (κ2) is 8.90. The number of amides is 2. The maximum Gasteiger partial charge on any atom is 0.573 e. The van der Waals surface area contributed by atoms with E-state index in [1.807, 2.05) is 0 Å². The minimum Gasteiger partial charge on any atom is -0.455 e. The van der Waals surface area contributed by atoms with Crippen molar-refractivity contribution < 1.29 is 32.2 Å². The van der Waals surface area contributed by atoms with Crippen molar-refractivity contribution in [1.82, 2.24) is 0 Å². The monoisotopic (exact) mass is 490 g/mol. The van der Waals surface area contributed by atoms with Gasteiger partial charge in [-0.2, -0.15) is 0 Å². The van der Waals surface area contributed by atoms with E-state index in [0.717, 1.165) is 12.1 Å². The Kier molecular flexibility index (Phi) is 6.14. The Morgan fingerprint density at radius 2 is 1.59 bits per heavy atom. The van der Waals surface area contributed by atoms with E-state index in [1.54, 1.807) is 48.5 Å². The van der Waals surface area contributed by atoms with Crippen molar-refractivity contribution in [2.75, 3.05) is 4.90 Å². The number of benzene rings is 3. The molecule has 0 aromatic heterocycles. The number of anilines is 2. The van der Waals surface area contributed by atoms with Gasteiger partial charge in [-0.3, -0.25) is 14.5 Å². The third-order valence-electron chi connectivity index (χ3n) is 5.29. The third kappa shape index (κ3) is 4.94. The third-order valence-corrected chi connectivity index (χ3v) is 5.54. The first-order valence-electron chi connectivity index (χ1n) is 10.1. The number of primary amides is 1. The first-order chi connectivity index (χ1) is 16.1. The largest absolute Gasteiger partial charge is 0.573 e. The maximum atomic E-state index is 13.6. The summed E-state index contributed by atoms with van der Waals surface area (Å²) < 4.78 is 47.6. The van der Waals surface area contributed by atoms with Gasteiger partial charge < -0.3 is 15.2 Å². The lowest BCUT2D eigenvalue weighted by Gasteiger charge is -2.28. The number of para-hydroxylation sites is 2. The van der Waals surface area contributed by atoms with Gasteiger partial charge in [-0.15, -0.1) is 13.2 Å². The molecule has 1 aliphatic carbocycles. The van der Waals surface area contributed by atoms with Crippen LogP contribution in [0.4, 0.5) is 24.5 Å². The van der Waals surface area contributed by atoms with Crippen LogP contribution >= 0.6 is 11.6 Å². The Balaban J connectivity index is 1.74. The van der Waals surface area contributed by atoms with E-state index in [0.29, 0.717) is 23.6 Å². The molecule has 0 radical (unpaired) electrons. The van der Waals surface area contributed by atoms with Gasteiger partial charge in [0, 0.05) is 16.8 Å². The van der Waals surface area contributed by atoms with Gasteiger partial charge in [-0.05, 0) is 61.4 Å². The molecular weight excluding hydrogens is 473 g/mol. The predicted molar refractivity (Wildman–Crippen MR) is 119 cm³/mol. The van der Waals surface area contributed by atoms with Gasteiger partial charge in [0.1, 0.15) is 16.9 Å². The van der Waals surface area contributed by atoms with Crippen LogP contribution < -0.4 is 20.1 Å². The summed E-state index contributed by atoms with van der Waals surface area (Å²) in [7, 11) is 0. The molecule has 0 bridgehead atoms. The van der Waals surface area contributed by atoms with Crippen LogP contribution in [0.1, 0.15) is 12.8 Å². The fourth-order valence-corrected chi connectivity index (χ4v) is 3.58. The highest BCUT2D eigenvalue weighted by molar-refractivity contribution is 6.30. The Labute approximate surface area is 197 Å². The number of hydrogen-bond acceptors (Lipinski definition) is 4. The van der Waals surface area contributed by atoms with E-state index >= 15 is 0 Å². The molecule has 0 atom stereocenters. The molecule has 0 aliphatic heterocycles. The zero-order chi connectivity index (χ0) is 24.5. The van der Waals surface area contributed by atoms with Crippen molar-refractivity contribution in [2.45, 2.75) is 19.2 Å². The zero-order valence-corrected chi connectivity index (χ0v) is 18.3. The molecule has 10 heteroatoms. The lowest BCUT2D eigenvalue weighted by molar-refractivity contribution is -0.274. The summed E-state index contributed by atoms with van der Waals surface area (Å²) in [5, 5.41) is 0.443. The number of halogens is 4. The van der Waals surface area contributed by atoms with Crippen molar-refractivity contribution in [3.63, 3.8) is 0 Å². The fraction of sp³-hybridized carbons (Fsp3) is 0.167. The Bertz CT molecular complexity index is 1230. The minimum atomic E-state index is -4.86. The maximum absolute atomic E-state index is 13.6. The molecule has 34 heavy (non-hydrogen) atoms. The summed E-state index contributed by atoms with van der Waals surface area (Å²) in [6.07, 6.45) is -4.24. The second-order valence-corrected chi connectivity index (χ2v) is 8.09. The average Bonchev–Trinajstić information content (AvgIpc) is 3.58. The molecular formula is C24H18ClF3N2O4. The van der Waals surface area contributed by atoms with Crippen molar-refractivity contribution >= 4 is 34.8 Å². The molecule has 176 valence electrons. The summed E-state index contributed by atoms with van der Waals surface area (Å²) in [5.74, 6) is -1.51. The van der Waals surface area contributed by atoms with Gasteiger partial charge >= 0.3 is 6.36 Å². The van der Waals surface area contributed by atoms with Crippen molar-refractivity contribution in [2.24, 2.45) is 11.1 Å². The molecule has 1 aliphatic rings. The first-order valence-corrected chi connectivity index (χ1v) is 10.5. The average molecular weight is 491 g/mol. The molecule has 0 spiro atoms. The van der Waals surface area contributed by atoms with E-state index in [-0.39, 0.29) is 17.2 Å². The molecule has 0 saturated heterocycles. The van der Waals surface area contributed by atoms with Crippen LogP contribution in [0.25, 0.3) is 0 Å². The summed E-state index contributed by atoms with van der Waals surface area (Å²) in [5.41, 5.74) is 4.87. The molecule has 3 aromatic rings. The number of carbonyl (C=O) groups excluding carboxylic acids is 2. The lowest BCUT2D eigenvalue weighted by Crippen LogP contribution is -2.41. The van der Waals surface area contributed by atoms with E-state index in [9.17, 15) is 22.8 Å². The van der Waals surface area contributed by atoms with Crippen LogP contribution in [0, 0.1) is 5.41 Å². The smallest absolute Gasteiger partial charge is 0.455 e. The van der Waals surface area contributed by atoms with E-state index < -0.39 is 29.3 Å². The van der Waals surface area contributed by atoms with Crippen LogP contribution in [0.5, 0.6) is 17.2 Å². The summed E-state index contributed by atoms with van der Waals surface area (Å²) in [6.45, 7) is 0. The number of alkyl halides is 3. The molecule has 0 unspecified atom stereocenters. The number of carbonyl (C=O) groups is 2. The lowest BCUT2D eigenvalue weighted by atomic mass is 10.0. The number of rotatable bonds is 7. The van der Waals surface area contributed by atoms with Gasteiger partial charge in [-0.25, -0.2) is 0 Å². The highest BCUT2D eigenvalue weighted by Crippen LogP contribution is 2.50. The first kappa shape index (κ1) is 23.4. The minimum absolute atomic E-state index is 0.0498. The second-order valence-electron chi connectivity index (χ2n) is 7.66. The van der Waals surface area contributed by atoms with Gasteiger partial charge in [0.15, 0.2) is 5.75 Å². The number of nitrogens with two attached hydrogens (primary N) is 1. The number of hydrogen-bond donors (Lipinski definition) is 1. The summed E-state index contributed by atoms with van der Waals surface area (Å²) in [4.78, 5) is 27.0. The summed E-state index contributed by atoms with van der Waals surface area (Å²) in [6, 6.07) is 17.8. The Hall–Kier alpha value is -3.72. The molecule has 1 fully saturated rings.